The highest BCUT2D eigenvalue weighted by Gasteiger charge is 2.19. The highest BCUT2D eigenvalue weighted by molar-refractivity contribution is 7.89. The van der Waals surface area contributed by atoms with Crippen LogP contribution in [0.3, 0.4) is 0 Å². The molecule has 0 aliphatic heterocycles. The summed E-state index contributed by atoms with van der Waals surface area (Å²) in [6.07, 6.45) is 1.45. The third-order valence-electron chi connectivity index (χ3n) is 3.59. The number of aromatic nitrogens is 1. The molecule has 0 saturated heterocycles. The maximum absolute atomic E-state index is 12.5. The molecular weight excluding hydrogens is 376 g/mol. The molecular formula is C17H23ClN4O3S. The Bertz CT molecular complexity index is 860. The van der Waals surface area contributed by atoms with E-state index in [1.54, 1.807) is 26.0 Å². The van der Waals surface area contributed by atoms with Crippen LogP contribution in [0.4, 0.5) is 11.5 Å². The van der Waals surface area contributed by atoms with Gasteiger partial charge < -0.3 is 11.1 Å². The Balaban J connectivity index is 0.00000338. The van der Waals surface area contributed by atoms with Crippen LogP contribution in [-0.2, 0) is 14.8 Å². The van der Waals surface area contributed by atoms with Gasteiger partial charge in [-0.15, -0.1) is 12.4 Å². The predicted octanol–water partition coefficient (Wildman–Crippen LogP) is 2.32. The molecule has 0 aliphatic carbocycles. The largest absolute Gasteiger partial charge is 0.384 e. The van der Waals surface area contributed by atoms with Gasteiger partial charge in [0.2, 0.25) is 15.9 Å². The Morgan fingerprint density at radius 3 is 2.31 bits per heavy atom. The molecule has 2 aromatic rings. The SMILES string of the molecule is Cc1cc(C)c(S(=O)(=O)NCCC(=O)Nc2ccc(N)nc2)c(C)c1.Cl. The van der Waals surface area contributed by atoms with Crippen LogP contribution in [0.1, 0.15) is 23.1 Å². The number of nitrogens with two attached hydrogens (primary N) is 1. The van der Waals surface area contributed by atoms with Gasteiger partial charge in [0.1, 0.15) is 5.82 Å². The highest BCUT2D eigenvalue weighted by atomic mass is 35.5. The van der Waals surface area contributed by atoms with E-state index in [1.807, 2.05) is 19.1 Å². The Morgan fingerprint density at radius 1 is 1.15 bits per heavy atom. The molecule has 1 heterocycles. The molecule has 0 radical (unpaired) electrons. The molecule has 4 N–H and O–H groups in total. The number of carbonyl (C=O) groups excluding carboxylic acids is 1. The first-order chi connectivity index (χ1) is 11.7. The Morgan fingerprint density at radius 2 is 1.77 bits per heavy atom. The average Bonchev–Trinajstić information content (AvgIpc) is 2.48. The number of anilines is 2. The van der Waals surface area contributed by atoms with Gasteiger partial charge in [0.15, 0.2) is 0 Å². The van der Waals surface area contributed by atoms with Gasteiger partial charge in [-0.05, 0) is 44.0 Å². The van der Waals surface area contributed by atoms with Gasteiger partial charge in [0.05, 0.1) is 16.8 Å². The summed E-state index contributed by atoms with van der Waals surface area (Å²) in [6, 6.07) is 6.84. The number of nitrogens with one attached hydrogen (secondary N) is 2. The number of aryl methyl sites for hydroxylation is 3. The molecule has 1 aromatic heterocycles. The molecule has 0 unspecified atom stereocenters. The van der Waals surface area contributed by atoms with Crippen molar-refractivity contribution in [3.05, 3.63) is 47.2 Å². The number of halogens is 1. The first-order valence-corrected chi connectivity index (χ1v) is 9.26. The van der Waals surface area contributed by atoms with E-state index in [0.717, 1.165) is 5.56 Å². The van der Waals surface area contributed by atoms with Crippen molar-refractivity contribution in [1.29, 1.82) is 0 Å². The van der Waals surface area contributed by atoms with E-state index >= 15 is 0 Å². The standard InChI is InChI=1S/C17H22N4O3S.ClH/c1-11-8-12(2)17(13(3)9-11)25(23,24)20-7-6-16(22)21-14-4-5-15(18)19-10-14;/h4-5,8-10,20H,6-7H2,1-3H3,(H2,18,19)(H,21,22);1H. The summed E-state index contributed by atoms with van der Waals surface area (Å²) in [5, 5.41) is 2.63. The van der Waals surface area contributed by atoms with E-state index in [9.17, 15) is 13.2 Å². The van der Waals surface area contributed by atoms with Crippen molar-refractivity contribution in [2.75, 3.05) is 17.6 Å². The quantitative estimate of drug-likeness (QED) is 0.690. The number of nitrogen functional groups attached to an aromatic ring is 1. The number of nitrogens with zero attached hydrogens (tertiary/aromatic N) is 1. The second kappa shape index (κ2) is 8.98. The summed E-state index contributed by atoms with van der Waals surface area (Å²) >= 11 is 0. The zero-order valence-corrected chi connectivity index (χ0v) is 16.5. The number of hydrogen-bond acceptors (Lipinski definition) is 5. The summed E-state index contributed by atoms with van der Waals surface area (Å²) in [5.41, 5.74) is 8.35. The maximum atomic E-state index is 12.5. The molecule has 0 atom stereocenters. The molecule has 0 aliphatic rings. The highest BCUT2D eigenvalue weighted by Crippen LogP contribution is 2.21. The van der Waals surface area contributed by atoms with Crippen molar-refractivity contribution < 1.29 is 13.2 Å². The second-order valence-electron chi connectivity index (χ2n) is 5.90. The molecule has 0 spiro atoms. The predicted molar refractivity (Wildman–Crippen MR) is 105 cm³/mol. The van der Waals surface area contributed by atoms with E-state index in [1.165, 1.54) is 6.20 Å². The fourth-order valence-corrected chi connectivity index (χ4v) is 4.15. The Labute approximate surface area is 159 Å². The number of carbonyl (C=O) groups is 1. The summed E-state index contributed by atoms with van der Waals surface area (Å²) in [4.78, 5) is 16.0. The molecule has 26 heavy (non-hydrogen) atoms. The van der Waals surface area contributed by atoms with Crippen molar-refractivity contribution in [1.82, 2.24) is 9.71 Å². The molecule has 9 heteroatoms. The first-order valence-electron chi connectivity index (χ1n) is 7.78. The molecule has 0 bridgehead atoms. The number of amides is 1. The van der Waals surface area contributed by atoms with E-state index < -0.39 is 10.0 Å². The van der Waals surface area contributed by atoms with Crippen molar-refractivity contribution in [3.63, 3.8) is 0 Å². The average molecular weight is 399 g/mol. The summed E-state index contributed by atoms with van der Waals surface area (Å²) < 4.78 is 27.5. The van der Waals surface area contributed by atoms with Crippen LogP contribution in [-0.4, -0.2) is 25.9 Å². The minimum Gasteiger partial charge on any atom is -0.384 e. The monoisotopic (exact) mass is 398 g/mol. The van der Waals surface area contributed by atoms with Gasteiger partial charge in [0, 0.05) is 13.0 Å². The zero-order valence-electron chi connectivity index (χ0n) is 14.9. The fourth-order valence-electron chi connectivity index (χ4n) is 2.66. The third-order valence-corrected chi connectivity index (χ3v) is 5.35. The molecule has 0 fully saturated rings. The first kappa shape index (κ1) is 21.9. The van der Waals surface area contributed by atoms with Crippen LogP contribution in [0.5, 0.6) is 0 Å². The summed E-state index contributed by atoms with van der Waals surface area (Å²) in [5.74, 6) is 0.0428. The lowest BCUT2D eigenvalue weighted by Gasteiger charge is -2.13. The fraction of sp³-hybridized carbons (Fsp3) is 0.294. The molecule has 2 rings (SSSR count). The minimum atomic E-state index is -3.67. The summed E-state index contributed by atoms with van der Waals surface area (Å²) in [6.45, 7) is 5.44. The number of benzene rings is 1. The second-order valence-corrected chi connectivity index (χ2v) is 7.60. The van der Waals surface area contributed by atoms with Crippen LogP contribution in [0.2, 0.25) is 0 Å². The summed E-state index contributed by atoms with van der Waals surface area (Å²) in [7, 11) is -3.67. The normalized spacial score (nSPS) is 10.9. The van der Waals surface area contributed by atoms with Gasteiger partial charge >= 0.3 is 0 Å². The number of sulfonamides is 1. The van der Waals surface area contributed by atoms with Crippen molar-refractivity contribution in [2.45, 2.75) is 32.1 Å². The van der Waals surface area contributed by atoms with Crippen molar-refractivity contribution in [2.24, 2.45) is 0 Å². The molecule has 142 valence electrons. The van der Waals surface area contributed by atoms with Crippen LogP contribution in [0, 0.1) is 20.8 Å². The topological polar surface area (TPSA) is 114 Å². The lowest BCUT2D eigenvalue weighted by atomic mass is 10.1. The van der Waals surface area contributed by atoms with Gasteiger partial charge in [0.25, 0.3) is 0 Å². The van der Waals surface area contributed by atoms with Crippen molar-refractivity contribution >= 4 is 39.8 Å². The third kappa shape index (κ3) is 5.69. The van der Waals surface area contributed by atoms with Crippen LogP contribution in [0.25, 0.3) is 0 Å². The van der Waals surface area contributed by atoms with E-state index in [0.29, 0.717) is 22.6 Å². The molecule has 1 amide bonds. The smallest absolute Gasteiger partial charge is 0.241 e. The number of pyridine rings is 1. The molecule has 7 nitrogen and oxygen atoms in total. The van der Waals surface area contributed by atoms with E-state index in [-0.39, 0.29) is 36.2 Å². The van der Waals surface area contributed by atoms with Crippen molar-refractivity contribution in [3.8, 4) is 0 Å². The Kier molecular flexibility index (Phi) is 7.55. The maximum Gasteiger partial charge on any atom is 0.241 e. The van der Waals surface area contributed by atoms with Crippen LogP contribution >= 0.6 is 12.4 Å². The molecule has 1 aromatic carbocycles. The number of rotatable bonds is 6. The van der Waals surface area contributed by atoms with Gasteiger partial charge in [-0.3, -0.25) is 4.79 Å². The zero-order chi connectivity index (χ0) is 18.6. The molecule has 0 saturated carbocycles. The van der Waals surface area contributed by atoms with Crippen LogP contribution in [0.15, 0.2) is 35.4 Å². The van der Waals surface area contributed by atoms with Gasteiger partial charge in [-0.25, -0.2) is 18.1 Å². The van der Waals surface area contributed by atoms with Gasteiger partial charge in [-0.2, -0.15) is 0 Å². The van der Waals surface area contributed by atoms with E-state index in [2.05, 4.69) is 15.0 Å². The van der Waals surface area contributed by atoms with Gasteiger partial charge in [-0.1, -0.05) is 17.7 Å². The Hall–Kier alpha value is -2.16. The van der Waals surface area contributed by atoms with Crippen LogP contribution < -0.4 is 15.8 Å². The number of hydrogen-bond donors (Lipinski definition) is 3. The lowest BCUT2D eigenvalue weighted by molar-refractivity contribution is -0.116. The minimum absolute atomic E-state index is 0. The lowest BCUT2D eigenvalue weighted by Crippen LogP contribution is -2.29. The van der Waals surface area contributed by atoms with E-state index in [4.69, 9.17) is 5.73 Å².